The lowest BCUT2D eigenvalue weighted by Gasteiger charge is -2.57. The van der Waals surface area contributed by atoms with Gasteiger partial charge in [-0.05, 0) is 79.6 Å². The molecular formula is C33H39N3O5S. The Morgan fingerprint density at radius 3 is 2.52 bits per heavy atom. The third-order valence-corrected chi connectivity index (χ3v) is 11.2. The van der Waals surface area contributed by atoms with Crippen molar-refractivity contribution in [2.24, 2.45) is 0 Å². The van der Waals surface area contributed by atoms with Crippen molar-refractivity contribution >= 4 is 21.6 Å². The van der Waals surface area contributed by atoms with Crippen LogP contribution in [0.2, 0.25) is 0 Å². The highest BCUT2D eigenvalue weighted by Crippen LogP contribution is 2.44. The Hall–Kier alpha value is -3.24. The molecule has 0 aliphatic carbocycles. The fourth-order valence-electron chi connectivity index (χ4n) is 6.86. The Morgan fingerprint density at radius 2 is 1.76 bits per heavy atom. The molecule has 3 atom stereocenters. The van der Waals surface area contributed by atoms with Gasteiger partial charge in [-0.1, -0.05) is 42.5 Å². The van der Waals surface area contributed by atoms with Crippen LogP contribution in [0.5, 0.6) is 5.75 Å². The second kappa shape index (κ2) is 11.4. The zero-order valence-corrected chi connectivity index (χ0v) is 25.5. The lowest BCUT2D eigenvalue weighted by molar-refractivity contribution is -0.118. The zero-order valence-electron chi connectivity index (χ0n) is 24.7. The Labute approximate surface area is 248 Å². The van der Waals surface area contributed by atoms with Gasteiger partial charge in [-0.25, -0.2) is 8.42 Å². The van der Waals surface area contributed by atoms with Crippen molar-refractivity contribution < 1.29 is 22.7 Å². The second-order valence-electron chi connectivity index (χ2n) is 11.7. The average Bonchev–Trinajstić information content (AvgIpc) is 2.95. The lowest BCUT2D eigenvalue weighted by Crippen LogP contribution is -2.68. The van der Waals surface area contributed by atoms with Gasteiger partial charge in [0.1, 0.15) is 5.75 Å². The molecule has 1 unspecified atom stereocenters. The molecule has 3 aromatic carbocycles. The van der Waals surface area contributed by atoms with Crippen LogP contribution >= 0.6 is 0 Å². The van der Waals surface area contributed by atoms with Gasteiger partial charge >= 0.3 is 0 Å². The molecule has 1 amide bonds. The van der Waals surface area contributed by atoms with Crippen LogP contribution in [0.3, 0.4) is 0 Å². The summed E-state index contributed by atoms with van der Waals surface area (Å²) in [5, 5.41) is 2.77. The molecule has 222 valence electrons. The minimum absolute atomic E-state index is 0.0419. The Morgan fingerprint density at radius 1 is 1.00 bits per heavy atom. The van der Waals surface area contributed by atoms with E-state index in [-0.39, 0.29) is 35.4 Å². The van der Waals surface area contributed by atoms with Gasteiger partial charge in [-0.15, -0.1) is 0 Å². The Bertz CT molecular complexity index is 1600. The molecule has 3 aliphatic rings. The molecule has 0 spiro atoms. The van der Waals surface area contributed by atoms with Crippen LogP contribution in [-0.4, -0.2) is 75.6 Å². The van der Waals surface area contributed by atoms with E-state index in [0.717, 1.165) is 19.4 Å². The van der Waals surface area contributed by atoms with E-state index in [1.54, 1.807) is 30.5 Å². The predicted octanol–water partition coefficient (Wildman–Crippen LogP) is 4.88. The summed E-state index contributed by atoms with van der Waals surface area (Å²) in [5.74, 6) is 0.291. The highest BCUT2D eigenvalue weighted by Gasteiger charge is 2.50. The average molecular weight is 590 g/mol. The summed E-state index contributed by atoms with van der Waals surface area (Å²) >= 11 is 0. The standard InChI is InChI=1S/C33H39N3O5S/c1-21-8-7-9-26(23(21)3)24-10-12-25(13-11-24)33-28-18-35(14-5-6-15-36(28)29(33)19-40-4)42(38,39)31-17-30-27(16-22(31)2)34-32(37)20-41-30/h7-13,16-17,28-29,33H,5-6,14-15,18-20H2,1-4H3,(H,34,37)/t28-,29+,33?/m0/s1. The van der Waals surface area contributed by atoms with Crippen molar-refractivity contribution in [3.63, 3.8) is 0 Å². The van der Waals surface area contributed by atoms with Crippen LogP contribution in [-0.2, 0) is 19.6 Å². The van der Waals surface area contributed by atoms with Gasteiger partial charge in [0.15, 0.2) is 6.61 Å². The summed E-state index contributed by atoms with van der Waals surface area (Å²) in [7, 11) is -2.07. The number of nitrogens with zero attached hydrogens (tertiary/aromatic N) is 2. The number of aryl methyl sites for hydroxylation is 2. The number of hydrogen-bond donors (Lipinski definition) is 1. The number of methoxy groups -OCH3 is 1. The van der Waals surface area contributed by atoms with Gasteiger partial charge in [0.05, 0.1) is 17.2 Å². The number of hydrogen-bond acceptors (Lipinski definition) is 6. The van der Waals surface area contributed by atoms with E-state index in [2.05, 4.69) is 66.5 Å². The van der Waals surface area contributed by atoms with Crippen LogP contribution in [0.1, 0.15) is 41.0 Å². The summed E-state index contributed by atoms with van der Waals surface area (Å²) in [6.45, 7) is 8.33. The Balaban J connectivity index is 1.30. The van der Waals surface area contributed by atoms with Crippen LogP contribution in [0.15, 0.2) is 59.5 Å². The minimum Gasteiger partial charge on any atom is -0.482 e. The SMILES string of the molecule is COC[C@@H]1C(c2ccc(-c3cccc(C)c3C)cc2)[C@@H]2CN(S(=O)(=O)c3cc4c(cc3C)NC(=O)CO4)CCCCN12. The van der Waals surface area contributed by atoms with Crippen molar-refractivity contribution in [2.45, 2.75) is 56.5 Å². The van der Waals surface area contributed by atoms with E-state index in [1.807, 2.05) is 0 Å². The minimum atomic E-state index is -3.81. The first-order valence-corrected chi connectivity index (χ1v) is 16.1. The summed E-state index contributed by atoms with van der Waals surface area (Å²) in [6.07, 6.45) is 1.70. The quantitative estimate of drug-likeness (QED) is 0.441. The molecule has 2 saturated heterocycles. The number of benzene rings is 3. The molecule has 3 aliphatic heterocycles. The summed E-state index contributed by atoms with van der Waals surface area (Å²) in [4.78, 5) is 14.4. The molecule has 9 heteroatoms. The van der Waals surface area contributed by atoms with Gasteiger partial charge in [0.25, 0.3) is 5.91 Å². The summed E-state index contributed by atoms with van der Waals surface area (Å²) in [6, 6.07) is 18.7. The molecule has 0 radical (unpaired) electrons. The molecule has 3 aromatic rings. The second-order valence-corrected chi connectivity index (χ2v) is 13.7. The monoisotopic (exact) mass is 589 g/mol. The van der Waals surface area contributed by atoms with Gasteiger partial charge in [0.2, 0.25) is 10.0 Å². The fourth-order valence-corrected chi connectivity index (χ4v) is 8.58. The molecule has 3 heterocycles. The van der Waals surface area contributed by atoms with E-state index < -0.39 is 10.0 Å². The number of anilines is 1. The van der Waals surface area contributed by atoms with E-state index in [1.165, 1.54) is 27.8 Å². The van der Waals surface area contributed by atoms with E-state index in [0.29, 0.717) is 36.7 Å². The van der Waals surface area contributed by atoms with E-state index >= 15 is 0 Å². The molecule has 6 rings (SSSR count). The summed E-state index contributed by atoms with van der Waals surface area (Å²) in [5.41, 5.74) is 7.27. The number of carbonyl (C=O) groups excluding carboxylic acids is 1. The number of amides is 1. The van der Waals surface area contributed by atoms with Crippen LogP contribution in [0.4, 0.5) is 5.69 Å². The fraction of sp³-hybridized carbons (Fsp3) is 0.424. The number of fused-ring (bicyclic) bond motifs is 2. The first-order chi connectivity index (χ1) is 20.2. The predicted molar refractivity (Wildman–Crippen MR) is 164 cm³/mol. The number of ether oxygens (including phenoxy) is 2. The van der Waals surface area contributed by atoms with Gasteiger partial charge in [0, 0.05) is 44.3 Å². The number of nitrogens with one attached hydrogen (secondary N) is 1. The maximum atomic E-state index is 14.2. The highest BCUT2D eigenvalue weighted by atomic mass is 32.2. The maximum absolute atomic E-state index is 14.2. The lowest BCUT2D eigenvalue weighted by atomic mass is 9.74. The molecule has 42 heavy (non-hydrogen) atoms. The van der Waals surface area contributed by atoms with Gasteiger partial charge in [-0.2, -0.15) is 4.31 Å². The van der Waals surface area contributed by atoms with Crippen LogP contribution in [0, 0.1) is 20.8 Å². The molecule has 0 aromatic heterocycles. The molecule has 1 N–H and O–H groups in total. The normalized spacial score (nSPS) is 23.0. The molecule has 0 bridgehead atoms. The number of sulfonamides is 1. The first kappa shape index (κ1) is 28.9. The van der Waals surface area contributed by atoms with Crippen LogP contribution < -0.4 is 10.1 Å². The van der Waals surface area contributed by atoms with E-state index in [9.17, 15) is 13.2 Å². The third-order valence-electron chi connectivity index (χ3n) is 9.22. The molecular weight excluding hydrogens is 550 g/mol. The summed E-state index contributed by atoms with van der Waals surface area (Å²) < 4.78 is 41.2. The van der Waals surface area contributed by atoms with Crippen molar-refractivity contribution in [1.82, 2.24) is 9.21 Å². The topological polar surface area (TPSA) is 88.2 Å². The van der Waals surface area contributed by atoms with Crippen molar-refractivity contribution in [1.29, 1.82) is 0 Å². The Kier molecular flexibility index (Phi) is 7.87. The highest BCUT2D eigenvalue weighted by molar-refractivity contribution is 7.89. The van der Waals surface area contributed by atoms with Gasteiger partial charge in [-0.3, -0.25) is 9.69 Å². The smallest absolute Gasteiger partial charge is 0.262 e. The molecule has 2 fully saturated rings. The number of rotatable bonds is 6. The van der Waals surface area contributed by atoms with Gasteiger partial charge < -0.3 is 14.8 Å². The zero-order chi connectivity index (χ0) is 29.6. The maximum Gasteiger partial charge on any atom is 0.262 e. The largest absolute Gasteiger partial charge is 0.482 e. The first-order valence-electron chi connectivity index (χ1n) is 14.7. The van der Waals surface area contributed by atoms with E-state index in [4.69, 9.17) is 9.47 Å². The van der Waals surface area contributed by atoms with Crippen molar-refractivity contribution in [3.05, 3.63) is 76.9 Å². The van der Waals surface area contributed by atoms with Crippen molar-refractivity contribution in [3.8, 4) is 16.9 Å². The third kappa shape index (κ3) is 5.13. The molecule has 0 saturated carbocycles. The molecule has 8 nitrogen and oxygen atoms in total. The van der Waals surface area contributed by atoms with Crippen molar-refractivity contribution in [2.75, 3.05) is 45.3 Å². The van der Waals surface area contributed by atoms with Crippen LogP contribution in [0.25, 0.3) is 11.1 Å². The number of carbonyl (C=O) groups is 1.